The van der Waals surface area contributed by atoms with E-state index in [4.69, 9.17) is 5.73 Å². The SMILES string of the molecule is C=C=C(C=C)C1CC1c1ccc(-c2ccc(-c3ccc(CC(C)C)cc3)cc2)c(N)c1F.C=CC=C. The van der Waals surface area contributed by atoms with Crippen LogP contribution in [-0.2, 0) is 6.42 Å². The van der Waals surface area contributed by atoms with Gasteiger partial charge in [0.15, 0.2) is 0 Å². The maximum absolute atomic E-state index is 15.2. The van der Waals surface area contributed by atoms with Gasteiger partial charge in [-0.3, -0.25) is 0 Å². The molecule has 0 aromatic heterocycles. The van der Waals surface area contributed by atoms with Gasteiger partial charge >= 0.3 is 0 Å². The molecule has 0 bridgehead atoms. The van der Waals surface area contributed by atoms with Crippen LogP contribution in [0.4, 0.5) is 10.1 Å². The molecule has 1 saturated carbocycles. The van der Waals surface area contributed by atoms with Gasteiger partial charge in [0.1, 0.15) is 5.82 Å². The fourth-order valence-corrected chi connectivity index (χ4v) is 4.53. The lowest BCUT2D eigenvalue weighted by Gasteiger charge is -2.12. The summed E-state index contributed by atoms with van der Waals surface area (Å²) in [6.45, 7) is 18.7. The minimum Gasteiger partial charge on any atom is -0.396 e. The molecule has 2 heteroatoms. The molecule has 1 aliphatic rings. The predicted octanol–water partition coefficient (Wildman–Crippen LogP) is 9.30. The molecule has 1 fully saturated rings. The molecule has 2 unspecified atom stereocenters. The van der Waals surface area contributed by atoms with E-state index in [9.17, 15) is 0 Å². The maximum atomic E-state index is 15.2. The summed E-state index contributed by atoms with van der Waals surface area (Å²) in [7, 11) is 0. The molecule has 0 aliphatic heterocycles. The lowest BCUT2D eigenvalue weighted by Crippen LogP contribution is -2.00. The number of halogens is 1. The normalized spacial score (nSPS) is 15.8. The van der Waals surface area contributed by atoms with Gasteiger partial charge in [0, 0.05) is 5.56 Å². The number of anilines is 1. The molecule has 0 spiro atoms. The molecule has 1 aliphatic carbocycles. The van der Waals surface area contributed by atoms with Crippen molar-refractivity contribution >= 4 is 5.69 Å². The van der Waals surface area contributed by atoms with E-state index in [1.54, 1.807) is 18.2 Å². The van der Waals surface area contributed by atoms with Crippen molar-refractivity contribution in [1.29, 1.82) is 0 Å². The summed E-state index contributed by atoms with van der Waals surface area (Å²) in [5, 5.41) is 0. The van der Waals surface area contributed by atoms with Gasteiger partial charge in [0.05, 0.1) is 5.69 Å². The third-order valence-corrected chi connectivity index (χ3v) is 6.52. The molecule has 3 aromatic rings. The number of benzene rings is 3. The van der Waals surface area contributed by atoms with Crippen molar-refractivity contribution in [2.45, 2.75) is 32.6 Å². The Labute approximate surface area is 215 Å². The third-order valence-electron chi connectivity index (χ3n) is 6.52. The van der Waals surface area contributed by atoms with Crippen LogP contribution in [0.1, 0.15) is 37.3 Å². The first kappa shape index (κ1) is 26.7. The van der Waals surface area contributed by atoms with Crippen LogP contribution in [0.3, 0.4) is 0 Å². The Morgan fingerprint density at radius 2 is 1.50 bits per heavy atom. The second-order valence-electron chi connectivity index (χ2n) is 9.56. The highest BCUT2D eigenvalue weighted by molar-refractivity contribution is 5.79. The highest BCUT2D eigenvalue weighted by Gasteiger charge is 2.42. The maximum Gasteiger partial charge on any atom is 0.150 e. The predicted molar refractivity (Wildman–Crippen MR) is 154 cm³/mol. The fraction of sp³-hybridized carbons (Fsp3) is 0.206. The lowest BCUT2D eigenvalue weighted by molar-refractivity contribution is 0.614. The number of allylic oxidation sites excluding steroid dienone is 4. The van der Waals surface area contributed by atoms with Crippen LogP contribution in [0.25, 0.3) is 22.3 Å². The highest BCUT2D eigenvalue weighted by atomic mass is 19.1. The van der Waals surface area contributed by atoms with Gasteiger partial charge in [-0.1, -0.05) is 119 Å². The molecule has 184 valence electrons. The van der Waals surface area contributed by atoms with E-state index in [-0.39, 0.29) is 23.3 Å². The molecular formula is C34H36FN. The summed E-state index contributed by atoms with van der Waals surface area (Å²) in [4.78, 5) is 0. The van der Waals surface area contributed by atoms with Crippen LogP contribution >= 0.6 is 0 Å². The van der Waals surface area contributed by atoms with Crippen molar-refractivity contribution in [3.63, 3.8) is 0 Å². The number of hydrogen-bond donors (Lipinski definition) is 1. The first-order valence-corrected chi connectivity index (χ1v) is 12.4. The van der Waals surface area contributed by atoms with E-state index >= 15 is 4.39 Å². The standard InChI is InChI=1S/C30H30FN.C4H6/c1-5-21(6-2)27-18-28(27)26-16-15-25(30(32)29(26)31)24-13-11-23(12-14-24)22-9-7-20(8-10-22)17-19(3)4;1-3-4-2/h5,7-16,19,27-28H,1-2,17-18,32H2,3-4H3;3-4H,1-2H2. The molecule has 2 atom stereocenters. The Morgan fingerprint density at radius 1 is 0.944 bits per heavy atom. The van der Waals surface area contributed by atoms with Crippen molar-refractivity contribution in [3.05, 3.63) is 133 Å². The van der Waals surface area contributed by atoms with E-state index in [0.717, 1.165) is 35.1 Å². The molecule has 0 radical (unpaired) electrons. The second-order valence-corrected chi connectivity index (χ2v) is 9.56. The average Bonchev–Trinajstić information content (AvgIpc) is 3.67. The molecule has 1 nitrogen and oxygen atoms in total. The Hall–Kier alpha value is -3.87. The summed E-state index contributed by atoms with van der Waals surface area (Å²) in [6.07, 6.45) is 7.00. The van der Waals surface area contributed by atoms with Crippen molar-refractivity contribution < 1.29 is 4.39 Å². The van der Waals surface area contributed by atoms with Crippen molar-refractivity contribution in [3.8, 4) is 22.3 Å². The van der Waals surface area contributed by atoms with Gasteiger partial charge < -0.3 is 5.73 Å². The number of nitrogen functional groups attached to an aromatic ring is 1. The first-order chi connectivity index (χ1) is 17.3. The van der Waals surface area contributed by atoms with Crippen molar-refractivity contribution in [2.24, 2.45) is 11.8 Å². The number of hydrogen-bond acceptors (Lipinski definition) is 1. The zero-order valence-corrected chi connectivity index (χ0v) is 21.4. The van der Waals surface area contributed by atoms with Crippen LogP contribution in [0.2, 0.25) is 0 Å². The van der Waals surface area contributed by atoms with Gasteiger partial charge in [-0.25, -0.2) is 4.39 Å². The summed E-state index contributed by atoms with van der Waals surface area (Å²) in [5.74, 6) is 0.684. The molecular weight excluding hydrogens is 441 g/mol. The van der Waals surface area contributed by atoms with Crippen LogP contribution in [0.5, 0.6) is 0 Å². The molecule has 0 saturated heterocycles. The number of nitrogens with two attached hydrogens (primary N) is 1. The smallest absolute Gasteiger partial charge is 0.150 e. The van der Waals surface area contributed by atoms with Crippen LogP contribution in [0.15, 0.2) is 117 Å². The largest absolute Gasteiger partial charge is 0.396 e. The summed E-state index contributed by atoms with van der Waals surface area (Å²) >= 11 is 0. The topological polar surface area (TPSA) is 26.0 Å². The quantitative estimate of drug-likeness (QED) is 0.195. The van der Waals surface area contributed by atoms with Gasteiger partial charge in [-0.05, 0) is 64.0 Å². The molecule has 4 rings (SSSR count). The molecule has 36 heavy (non-hydrogen) atoms. The second kappa shape index (κ2) is 12.2. The zero-order chi connectivity index (χ0) is 26.2. The van der Waals surface area contributed by atoms with E-state index in [0.29, 0.717) is 11.5 Å². The summed E-state index contributed by atoms with van der Waals surface area (Å²) < 4.78 is 15.2. The molecule has 3 aromatic carbocycles. The Morgan fingerprint density at radius 3 is 2.00 bits per heavy atom. The molecule has 2 N–H and O–H groups in total. The summed E-state index contributed by atoms with van der Waals surface area (Å²) in [6, 6.07) is 20.7. The lowest BCUT2D eigenvalue weighted by atomic mass is 9.95. The zero-order valence-electron chi connectivity index (χ0n) is 21.4. The van der Waals surface area contributed by atoms with Crippen LogP contribution in [-0.4, -0.2) is 0 Å². The van der Waals surface area contributed by atoms with Crippen molar-refractivity contribution in [2.75, 3.05) is 5.73 Å². The van der Waals surface area contributed by atoms with Gasteiger partial charge in [0.2, 0.25) is 0 Å². The minimum absolute atomic E-state index is 0.120. The van der Waals surface area contributed by atoms with Gasteiger partial charge in [-0.2, -0.15) is 0 Å². The Kier molecular flexibility index (Phi) is 9.06. The number of rotatable bonds is 8. The molecule has 0 amide bonds. The first-order valence-electron chi connectivity index (χ1n) is 12.4. The Balaban J connectivity index is 0.000000840. The van der Waals surface area contributed by atoms with Crippen LogP contribution < -0.4 is 5.73 Å². The monoisotopic (exact) mass is 477 g/mol. The third kappa shape index (κ3) is 6.22. The van der Waals surface area contributed by atoms with Gasteiger partial charge in [0.25, 0.3) is 0 Å². The highest BCUT2D eigenvalue weighted by Crippen LogP contribution is 2.53. The van der Waals surface area contributed by atoms with E-state index in [2.05, 4.69) is 82.3 Å². The van der Waals surface area contributed by atoms with Gasteiger partial charge in [-0.15, -0.1) is 5.73 Å². The van der Waals surface area contributed by atoms with Crippen molar-refractivity contribution in [1.82, 2.24) is 0 Å². The van der Waals surface area contributed by atoms with E-state index < -0.39 is 0 Å². The minimum atomic E-state index is -0.313. The average molecular weight is 478 g/mol. The summed E-state index contributed by atoms with van der Waals surface area (Å²) in [5.41, 5.74) is 16.3. The van der Waals surface area contributed by atoms with E-state index in [1.165, 1.54) is 11.1 Å². The molecule has 0 heterocycles. The Bertz CT molecular complexity index is 1270. The van der Waals surface area contributed by atoms with E-state index in [1.807, 2.05) is 24.3 Å². The fourth-order valence-electron chi connectivity index (χ4n) is 4.53. The van der Waals surface area contributed by atoms with Crippen LogP contribution in [0, 0.1) is 17.7 Å².